The predicted octanol–water partition coefficient (Wildman–Crippen LogP) is 4.93. The fourth-order valence-electron chi connectivity index (χ4n) is 3.91. The summed E-state index contributed by atoms with van der Waals surface area (Å²) in [6, 6.07) is 29.3. The molecule has 1 N–H and O–H groups in total. The topological polar surface area (TPSA) is 35.6 Å². The van der Waals surface area contributed by atoms with Crippen LogP contribution < -0.4 is 5.32 Å². The summed E-state index contributed by atoms with van der Waals surface area (Å²) >= 11 is 0. The van der Waals surface area contributed by atoms with Crippen LogP contribution in [0.1, 0.15) is 22.7 Å². The first kappa shape index (κ1) is 19.2. The fraction of sp³-hybridized carbons (Fsp3) is 0.240. The van der Waals surface area contributed by atoms with E-state index in [0.29, 0.717) is 13.1 Å². The van der Waals surface area contributed by atoms with Crippen molar-refractivity contribution in [2.24, 2.45) is 0 Å². The molecule has 1 aliphatic heterocycles. The molecule has 1 fully saturated rings. The average Bonchev–Trinajstić information content (AvgIpc) is 2.77. The monoisotopic (exact) mass is 385 g/mol. The molecular weight excluding hydrogens is 358 g/mol. The summed E-state index contributed by atoms with van der Waals surface area (Å²) < 4.78 is 0. The molecule has 4 nitrogen and oxygen atoms in total. The van der Waals surface area contributed by atoms with Gasteiger partial charge in [-0.3, -0.25) is 4.90 Å². The van der Waals surface area contributed by atoms with Crippen LogP contribution in [0.15, 0.2) is 84.9 Å². The van der Waals surface area contributed by atoms with Crippen LogP contribution in [0.3, 0.4) is 0 Å². The van der Waals surface area contributed by atoms with Gasteiger partial charge in [0.05, 0.1) is 6.04 Å². The molecule has 3 aromatic carbocycles. The maximum Gasteiger partial charge on any atom is 0.321 e. The molecule has 148 valence electrons. The van der Waals surface area contributed by atoms with Gasteiger partial charge in [-0.1, -0.05) is 78.4 Å². The van der Waals surface area contributed by atoms with Gasteiger partial charge in [-0.05, 0) is 30.2 Å². The highest BCUT2D eigenvalue weighted by molar-refractivity contribution is 5.89. The first-order valence-corrected chi connectivity index (χ1v) is 10.2. The van der Waals surface area contributed by atoms with Crippen molar-refractivity contribution < 1.29 is 4.79 Å². The molecule has 3 aromatic rings. The summed E-state index contributed by atoms with van der Waals surface area (Å²) in [5, 5.41) is 3.01. The largest absolute Gasteiger partial charge is 0.322 e. The summed E-state index contributed by atoms with van der Waals surface area (Å²) in [4.78, 5) is 17.0. The van der Waals surface area contributed by atoms with E-state index in [4.69, 9.17) is 0 Å². The van der Waals surface area contributed by atoms with Crippen LogP contribution in [0.4, 0.5) is 10.5 Å². The summed E-state index contributed by atoms with van der Waals surface area (Å²) in [7, 11) is 0. The lowest BCUT2D eigenvalue weighted by atomic mass is 9.96. The molecule has 0 unspecified atom stereocenters. The van der Waals surface area contributed by atoms with Crippen molar-refractivity contribution in [3.8, 4) is 0 Å². The lowest BCUT2D eigenvalue weighted by molar-refractivity contribution is 0.126. The van der Waals surface area contributed by atoms with Gasteiger partial charge in [0, 0.05) is 31.9 Å². The number of rotatable bonds is 4. The molecule has 2 amide bonds. The Morgan fingerprint density at radius 3 is 1.79 bits per heavy atom. The molecule has 1 saturated heterocycles. The zero-order valence-electron chi connectivity index (χ0n) is 16.8. The number of urea groups is 1. The van der Waals surface area contributed by atoms with Crippen LogP contribution in [0.25, 0.3) is 0 Å². The Morgan fingerprint density at radius 1 is 0.759 bits per heavy atom. The number of nitrogens with zero attached hydrogens (tertiary/aromatic N) is 2. The van der Waals surface area contributed by atoms with Crippen molar-refractivity contribution in [3.63, 3.8) is 0 Å². The van der Waals surface area contributed by atoms with Crippen molar-refractivity contribution in [2.45, 2.75) is 13.0 Å². The summed E-state index contributed by atoms with van der Waals surface area (Å²) in [6.45, 7) is 5.16. The maximum absolute atomic E-state index is 12.7. The van der Waals surface area contributed by atoms with Gasteiger partial charge in [0.15, 0.2) is 0 Å². The Bertz CT molecular complexity index is 878. The van der Waals surface area contributed by atoms with Gasteiger partial charge in [-0.2, -0.15) is 0 Å². The molecule has 1 aliphatic rings. The molecule has 4 heteroatoms. The van der Waals surface area contributed by atoms with E-state index in [9.17, 15) is 4.79 Å². The normalized spacial score (nSPS) is 14.8. The van der Waals surface area contributed by atoms with Crippen LogP contribution in [-0.2, 0) is 0 Å². The standard InChI is InChI=1S/C25H27N3O/c1-20-12-14-23(15-13-20)26-25(29)28-18-16-27(17-19-28)24(21-8-4-2-5-9-21)22-10-6-3-7-11-22/h2-15,24H,16-19H2,1H3,(H,26,29). The van der Waals surface area contributed by atoms with Gasteiger partial charge in [0.2, 0.25) is 0 Å². The molecule has 4 rings (SSSR count). The number of carbonyl (C=O) groups is 1. The first-order chi connectivity index (χ1) is 14.2. The van der Waals surface area contributed by atoms with Crippen molar-refractivity contribution in [1.82, 2.24) is 9.80 Å². The maximum atomic E-state index is 12.7. The highest BCUT2D eigenvalue weighted by atomic mass is 16.2. The number of nitrogens with one attached hydrogen (secondary N) is 1. The Balaban J connectivity index is 1.44. The van der Waals surface area contributed by atoms with Gasteiger partial charge in [-0.15, -0.1) is 0 Å². The average molecular weight is 386 g/mol. The number of amides is 2. The minimum Gasteiger partial charge on any atom is -0.322 e. The van der Waals surface area contributed by atoms with E-state index in [-0.39, 0.29) is 12.1 Å². The summed E-state index contributed by atoms with van der Waals surface area (Å²) in [5.74, 6) is 0. The van der Waals surface area contributed by atoms with E-state index in [1.54, 1.807) is 0 Å². The molecule has 1 heterocycles. The first-order valence-electron chi connectivity index (χ1n) is 10.2. The lowest BCUT2D eigenvalue weighted by Gasteiger charge is -2.39. The Hall–Kier alpha value is -3.11. The van der Waals surface area contributed by atoms with Crippen molar-refractivity contribution >= 4 is 11.7 Å². The molecule has 0 bridgehead atoms. The van der Waals surface area contributed by atoms with Crippen molar-refractivity contribution in [1.29, 1.82) is 0 Å². The third-order valence-electron chi connectivity index (χ3n) is 5.50. The van der Waals surface area contributed by atoms with Crippen LogP contribution in [0, 0.1) is 6.92 Å². The molecule has 0 saturated carbocycles. The quantitative estimate of drug-likeness (QED) is 0.691. The molecule has 0 aliphatic carbocycles. The molecule has 0 aromatic heterocycles. The van der Waals surface area contributed by atoms with E-state index >= 15 is 0 Å². The van der Waals surface area contributed by atoms with Crippen LogP contribution in [0.2, 0.25) is 0 Å². The number of hydrogen-bond donors (Lipinski definition) is 1. The zero-order valence-corrected chi connectivity index (χ0v) is 16.8. The van der Waals surface area contributed by atoms with Gasteiger partial charge in [-0.25, -0.2) is 4.79 Å². The number of carbonyl (C=O) groups excluding carboxylic acids is 1. The Labute approximate surface area is 172 Å². The number of piperazine rings is 1. The zero-order chi connectivity index (χ0) is 20.1. The molecule has 29 heavy (non-hydrogen) atoms. The number of anilines is 1. The van der Waals surface area contributed by atoms with Gasteiger partial charge >= 0.3 is 6.03 Å². The lowest BCUT2D eigenvalue weighted by Crippen LogP contribution is -2.51. The smallest absolute Gasteiger partial charge is 0.321 e. The summed E-state index contributed by atoms with van der Waals surface area (Å²) in [5.41, 5.74) is 4.60. The summed E-state index contributed by atoms with van der Waals surface area (Å²) in [6.07, 6.45) is 0. The molecule has 0 atom stereocenters. The van der Waals surface area contributed by atoms with Gasteiger partial charge in [0.25, 0.3) is 0 Å². The van der Waals surface area contributed by atoms with Crippen LogP contribution in [0.5, 0.6) is 0 Å². The Morgan fingerprint density at radius 2 is 1.28 bits per heavy atom. The minimum absolute atomic E-state index is 0.0236. The van der Waals surface area contributed by atoms with E-state index in [0.717, 1.165) is 18.8 Å². The molecular formula is C25H27N3O. The fourth-order valence-corrected chi connectivity index (χ4v) is 3.91. The second-order valence-corrected chi connectivity index (χ2v) is 7.54. The Kier molecular flexibility index (Phi) is 5.92. The van der Waals surface area contributed by atoms with E-state index in [2.05, 4.69) is 70.9 Å². The highest BCUT2D eigenvalue weighted by Gasteiger charge is 2.28. The third-order valence-corrected chi connectivity index (χ3v) is 5.50. The second-order valence-electron chi connectivity index (χ2n) is 7.54. The van der Waals surface area contributed by atoms with Crippen LogP contribution >= 0.6 is 0 Å². The van der Waals surface area contributed by atoms with Crippen molar-refractivity contribution in [3.05, 3.63) is 102 Å². The SMILES string of the molecule is Cc1ccc(NC(=O)N2CCN(C(c3ccccc3)c3ccccc3)CC2)cc1. The van der Waals surface area contributed by atoms with E-state index < -0.39 is 0 Å². The van der Waals surface area contributed by atoms with Gasteiger partial charge in [0.1, 0.15) is 0 Å². The van der Waals surface area contributed by atoms with Crippen LogP contribution in [-0.4, -0.2) is 42.0 Å². The highest BCUT2D eigenvalue weighted by Crippen LogP contribution is 2.29. The van der Waals surface area contributed by atoms with Gasteiger partial charge < -0.3 is 10.2 Å². The van der Waals surface area contributed by atoms with Crippen molar-refractivity contribution in [2.75, 3.05) is 31.5 Å². The number of aryl methyl sites for hydroxylation is 1. The predicted molar refractivity (Wildman–Crippen MR) is 118 cm³/mol. The molecule has 0 radical (unpaired) electrons. The van der Waals surface area contributed by atoms with E-state index in [1.165, 1.54) is 16.7 Å². The molecule has 0 spiro atoms. The minimum atomic E-state index is -0.0236. The van der Waals surface area contributed by atoms with E-state index in [1.807, 2.05) is 36.1 Å². The third kappa shape index (κ3) is 4.66. The second kappa shape index (κ2) is 8.93. The number of benzene rings is 3. The number of hydrogen-bond acceptors (Lipinski definition) is 2.